The van der Waals surface area contributed by atoms with Crippen molar-refractivity contribution in [3.63, 3.8) is 0 Å². The predicted molar refractivity (Wildman–Crippen MR) is 101 cm³/mol. The number of nitrogens with one attached hydrogen (secondary N) is 1. The Hall–Kier alpha value is -1.95. The first-order valence-corrected chi connectivity index (χ1v) is 9.33. The molecule has 1 aliphatic heterocycles. The summed E-state index contributed by atoms with van der Waals surface area (Å²) in [4.78, 5) is 19.9. The van der Waals surface area contributed by atoms with Crippen LogP contribution in [0.1, 0.15) is 43.8 Å². The highest BCUT2D eigenvalue weighted by atomic mass is 35.5. The van der Waals surface area contributed by atoms with E-state index in [0.29, 0.717) is 11.2 Å². The Bertz CT molecular complexity index is 728. The minimum absolute atomic E-state index is 0.387. The van der Waals surface area contributed by atoms with Crippen molar-refractivity contribution in [3.05, 3.63) is 34.6 Å². The van der Waals surface area contributed by atoms with E-state index >= 15 is 0 Å². The van der Waals surface area contributed by atoms with E-state index in [2.05, 4.69) is 43.1 Å². The summed E-state index contributed by atoms with van der Waals surface area (Å²) in [6, 6.07) is 2.48. The monoisotopic (exact) mass is 360 g/mol. The maximum absolute atomic E-state index is 6.23. The average molecular weight is 361 g/mol. The van der Waals surface area contributed by atoms with Crippen LogP contribution in [-0.4, -0.2) is 39.1 Å². The van der Waals surface area contributed by atoms with Crippen molar-refractivity contribution in [1.29, 1.82) is 0 Å². The molecule has 1 N–H and O–H groups in total. The number of aryl methyl sites for hydroxylation is 2. The number of nitrogens with zero attached hydrogens (tertiary/aromatic N) is 5. The van der Waals surface area contributed by atoms with Crippen LogP contribution < -0.4 is 10.2 Å². The summed E-state index contributed by atoms with van der Waals surface area (Å²) >= 11 is 6.23. The molecule has 1 saturated heterocycles. The number of piperidine rings is 1. The van der Waals surface area contributed by atoms with Crippen LogP contribution in [-0.2, 0) is 12.8 Å². The van der Waals surface area contributed by atoms with Gasteiger partial charge in [-0.15, -0.1) is 0 Å². The van der Waals surface area contributed by atoms with Crippen LogP contribution in [0.15, 0.2) is 12.4 Å². The topological polar surface area (TPSA) is 66.8 Å². The van der Waals surface area contributed by atoms with Gasteiger partial charge in [-0.2, -0.15) is 0 Å². The number of rotatable bonds is 5. The first-order valence-electron chi connectivity index (χ1n) is 8.96. The van der Waals surface area contributed by atoms with E-state index in [1.807, 2.05) is 13.8 Å². The van der Waals surface area contributed by atoms with Crippen molar-refractivity contribution < 1.29 is 0 Å². The third-order valence-electron chi connectivity index (χ3n) is 4.68. The fourth-order valence-electron chi connectivity index (χ4n) is 3.03. The normalized spacial score (nSPS) is 15.4. The van der Waals surface area contributed by atoms with Gasteiger partial charge in [0.05, 0.1) is 0 Å². The van der Waals surface area contributed by atoms with Crippen molar-refractivity contribution in [3.8, 4) is 0 Å². The summed E-state index contributed by atoms with van der Waals surface area (Å²) in [7, 11) is 0. The molecule has 0 spiro atoms. The van der Waals surface area contributed by atoms with Crippen LogP contribution in [0.4, 0.5) is 11.6 Å². The van der Waals surface area contributed by atoms with Crippen molar-refractivity contribution in [2.45, 2.75) is 52.5 Å². The van der Waals surface area contributed by atoms with E-state index < -0.39 is 0 Å². The fourth-order valence-corrected chi connectivity index (χ4v) is 3.22. The number of aromatic nitrogens is 4. The van der Waals surface area contributed by atoms with E-state index in [4.69, 9.17) is 11.6 Å². The third-order valence-corrected chi connectivity index (χ3v) is 5.05. The zero-order chi connectivity index (χ0) is 17.8. The molecule has 3 rings (SSSR count). The minimum atomic E-state index is 0.387. The van der Waals surface area contributed by atoms with Gasteiger partial charge in [0.15, 0.2) is 0 Å². The lowest BCUT2D eigenvalue weighted by atomic mass is 10.0. The molecule has 25 heavy (non-hydrogen) atoms. The fraction of sp³-hybridized carbons (Fsp3) is 0.556. The summed E-state index contributed by atoms with van der Waals surface area (Å²) in [6.45, 7) is 8.05. The molecule has 2 aromatic heterocycles. The van der Waals surface area contributed by atoms with Crippen molar-refractivity contribution in [2.75, 3.05) is 23.3 Å². The van der Waals surface area contributed by atoms with Crippen LogP contribution in [0, 0.1) is 6.92 Å². The Morgan fingerprint density at radius 2 is 1.92 bits per heavy atom. The van der Waals surface area contributed by atoms with E-state index in [1.54, 1.807) is 6.33 Å². The summed E-state index contributed by atoms with van der Waals surface area (Å²) in [5.74, 6) is 2.68. The average Bonchev–Trinajstić information content (AvgIpc) is 2.66. The Labute approximate surface area is 154 Å². The maximum Gasteiger partial charge on any atom is 0.137 e. The van der Waals surface area contributed by atoms with Crippen molar-refractivity contribution >= 4 is 23.2 Å². The maximum atomic E-state index is 6.23. The lowest BCUT2D eigenvalue weighted by Crippen LogP contribution is -2.39. The zero-order valence-corrected chi connectivity index (χ0v) is 15.8. The highest BCUT2D eigenvalue weighted by molar-refractivity contribution is 6.30. The van der Waals surface area contributed by atoms with Crippen LogP contribution in [0.3, 0.4) is 0 Å². The van der Waals surface area contributed by atoms with Crippen LogP contribution in [0.2, 0.25) is 5.15 Å². The standard InChI is InChI=1S/C18H25ClN6/c1-4-13-10-16(21-11-20-13)25-8-6-14(7-9-25)22-18-12(3)17(19)23-15(5-2)24-18/h10-11,14H,4-9H2,1-3H3,(H,22,23,24). The van der Waals surface area contributed by atoms with Crippen LogP contribution >= 0.6 is 11.6 Å². The Morgan fingerprint density at radius 3 is 2.60 bits per heavy atom. The van der Waals surface area contributed by atoms with Gasteiger partial charge in [0.2, 0.25) is 0 Å². The van der Waals surface area contributed by atoms with Crippen LogP contribution in [0.25, 0.3) is 0 Å². The molecule has 7 heteroatoms. The quantitative estimate of drug-likeness (QED) is 0.824. The molecule has 0 unspecified atom stereocenters. The first-order chi connectivity index (χ1) is 12.1. The smallest absolute Gasteiger partial charge is 0.137 e. The number of anilines is 2. The second-order valence-electron chi connectivity index (χ2n) is 6.38. The molecule has 2 aromatic rings. The molecule has 0 atom stereocenters. The number of hydrogen-bond acceptors (Lipinski definition) is 6. The molecule has 0 bridgehead atoms. The van der Waals surface area contributed by atoms with Gasteiger partial charge in [-0.25, -0.2) is 19.9 Å². The van der Waals surface area contributed by atoms with Crippen molar-refractivity contribution in [1.82, 2.24) is 19.9 Å². The minimum Gasteiger partial charge on any atom is -0.367 e. The lowest BCUT2D eigenvalue weighted by Gasteiger charge is -2.33. The molecule has 0 radical (unpaired) electrons. The molecule has 0 amide bonds. The van der Waals surface area contributed by atoms with Gasteiger partial charge in [0, 0.05) is 42.9 Å². The lowest BCUT2D eigenvalue weighted by molar-refractivity contribution is 0.521. The van der Waals surface area contributed by atoms with E-state index in [0.717, 1.165) is 67.5 Å². The molecule has 1 aliphatic rings. The van der Waals surface area contributed by atoms with Gasteiger partial charge in [-0.1, -0.05) is 25.4 Å². The number of hydrogen-bond donors (Lipinski definition) is 1. The Balaban J connectivity index is 1.64. The van der Waals surface area contributed by atoms with Gasteiger partial charge >= 0.3 is 0 Å². The van der Waals surface area contributed by atoms with Gasteiger partial charge in [0.1, 0.15) is 28.9 Å². The second-order valence-corrected chi connectivity index (χ2v) is 6.74. The molecular formula is C18H25ClN6. The Kier molecular flexibility index (Phi) is 5.68. The predicted octanol–water partition coefficient (Wildman–Crippen LogP) is 3.43. The largest absolute Gasteiger partial charge is 0.367 e. The van der Waals surface area contributed by atoms with Gasteiger partial charge < -0.3 is 10.2 Å². The molecule has 6 nitrogen and oxygen atoms in total. The summed E-state index contributed by atoms with van der Waals surface area (Å²) in [6.07, 6.45) is 5.45. The Morgan fingerprint density at radius 1 is 1.16 bits per heavy atom. The summed E-state index contributed by atoms with van der Waals surface area (Å²) < 4.78 is 0. The number of halogens is 1. The van der Waals surface area contributed by atoms with Crippen molar-refractivity contribution in [2.24, 2.45) is 0 Å². The van der Waals surface area contributed by atoms with E-state index in [1.165, 1.54) is 0 Å². The van der Waals surface area contributed by atoms with Gasteiger partial charge in [-0.05, 0) is 26.2 Å². The third kappa shape index (κ3) is 4.18. The highest BCUT2D eigenvalue weighted by Gasteiger charge is 2.22. The van der Waals surface area contributed by atoms with Crippen LogP contribution in [0.5, 0.6) is 0 Å². The SMILES string of the molecule is CCc1cc(N2CCC(Nc3nc(CC)nc(Cl)c3C)CC2)ncn1. The van der Waals surface area contributed by atoms with Gasteiger partial charge in [0.25, 0.3) is 0 Å². The molecular weight excluding hydrogens is 336 g/mol. The first kappa shape index (κ1) is 17.9. The second kappa shape index (κ2) is 7.95. The molecule has 1 fully saturated rings. The highest BCUT2D eigenvalue weighted by Crippen LogP contribution is 2.24. The summed E-state index contributed by atoms with van der Waals surface area (Å²) in [5, 5.41) is 4.11. The molecule has 3 heterocycles. The molecule has 0 aromatic carbocycles. The molecule has 0 aliphatic carbocycles. The van der Waals surface area contributed by atoms with E-state index in [-0.39, 0.29) is 0 Å². The summed E-state index contributed by atoms with van der Waals surface area (Å²) in [5.41, 5.74) is 2.01. The van der Waals surface area contributed by atoms with Gasteiger partial charge in [-0.3, -0.25) is 0 Å². The zero-order valence-electron chi connectivity index (χ0n) is 15.1. The van der Waals surface area contributed by atoms with E-state index in [9.17, 15) is 0 Å². The molecule has 0 saturated carbocycles. The molecule has 134 valence electrons.